The van der Waals surface area contributed by atoms with Crippen LogP contribution in [0.15, 0.2) is 24.3 Å². The Bertz CT molecular complexity index is 359. The third-order valence-electron chi connectivity index (χ3n) is 4.18. The molecule has 4 atom stereocenters. The predicted molar refractivity (Wildman–Crippen MR) is 74.5 cm³/mol. The van der Waals surface area contributed by atoms with Crippen molar-refractivity contribution in [3.05, 3.63) is 24.3 Å². The molecule has 0 radical (unpaired) electrons. The first-order chi connectivity index (χ1) is 9.16. The Kier molecular flexibility index (Phi) is 5.20. The number of aliphatic hydroxyl groups excluding tert-OH is 1. The molecular formula is C16H24O3. The Morgan fingerprint density at radius 2 is 2.05 bits per heavy atom. The average molecular weight is 264 g/mol. The minimum atomic E-state index is -0.541. The van der Waals surface area contributed by atoms with Gasteiger partial charge in [0.2, 0.25) is 0 Å². The van der Waals surface area contributed by atoms with Crippen LogP contribution in [0.4, 0.5) is 0 Å². The SMILES string of the molecule is C[C@@H]1CCCC=C[C@H]2CCC[C@@H]2[C@@H](O)/C=C/C(=O)O1. The van der Waals surface area contributed by atoms with Crippen molar-refractivity contribution in [3.8, 4) is 0 Å². The third-order valence-corrected chi connectivity index (χ3v) is 4.18. The lowest BCUT2D eigenvalue weighted by Gasteiger charge is -2.20. The van der Waals surface area contributed by atoms with E-state index in [-0.39, 0.29) is 18.0 Å². The van der Waals surface area contributed by atoms with Crippen molar-refractivity contribution in [1.82, 2.24) is 0 Å². The van der Waals surface area contributed by atoms with E-state index in [9.17, 15) is 9.90 Å². The number of esters is 1. The van der Waals surface area contributed by atoms with Gasteiger partial charge in [0.25, 0.3) is 0 Å². The van der Waals surface area contributed by atoms with Crippen LogP contribution in [-0.4, -0.2) is 23.3 Å². The van der Waals surface area contributed by atoms with Gasteiger partial charge in [0.1, 0.15) is 0 Å². The fraction of sp³-hybridized carbons (Fsp3) is 0.688. The average Bonchev–Trinajstić information content (AvgIpc) is 2.83. The van der Waals surface area contributed by atoms with Gasteiger partial charge in [0.15, 0.2) is 0 Å². The van der Waals surface area contributed by atoms with E-state index in [0.717, 1.165) is 38.5 Å². The van der Waals surface area contributed by atoms with Gasteiger partial charge in [-0.3, -0.25) is 0 Å². The van der Waals surface area contributed by atoms with Crippen LogP contribution in [-0.2, 0) is 9.53 Å². The molecule has 3 heteroatoms. The lowest BCUT2D eigenvalue weighted by molar-refractivity contribution is -0.142. The molecule has 1 aliphatic carbocycles. The second-order valence-corrected chi connectivity index (χ2v) is 5.71. The molecule has 0 spiro atoms. The Labute approximate surface area is 115 Å². The highest BCUT2D eigenvalue weighted by Gasteiger charge is 2.30. The number of hydrogen-bond donors (Lipinski definition) is 1. The first kappa shape index (κ1) is 14.3. The maximum absolute atomic E-state index is 11.6. The van der Waals surface area contributed by atoms with Gasteiger partial charge in [-0.05, 0) is 56.9 Å². The lowest BCUT2D eigenvalue weighted by Crippen LogP contribution is -2.21. The molecular weight excluding hydrogens is 240 g/mol. The Hall–Kier alpha value is -1.09. The zero-order valence-electron chi connectivity index (χ0n) is 11.6. The van der Waals surface area contributed by atoms with Gasteiger partial charge in [-0.1, -0.05) is 18.6 Å². The van der Waals surface area contributed by atoms with Crippen LogP contribution in [0.5, 0.6) is 0 Å². The molecule has 3 nitrogen and oxygen atoms in total. The Morgan fingerprint density at radius 3 is 2.89 bits per heavy atom. The van der Waals surface area contributed by atoms with Crippen LogP contribution < -0.4 is 0 Å². The number of aliphatic hydroxyl groups is 1. The van der Waals surface area contributed by atoms with Gasteiger partial charge in [-0.2, -0.15) is 0 Å². The number of ether oxygens (including phenoxy) is 1. The highest BCUT2D eigenvalue weighted by Crippen LogP contribution is 2.35. The quantitative estimate of drug-likeness (QED) is 0.540. The number of cyclic esters (lactones) is 1. The molecule has 1 saturated carbocycles. The zero-order valence-corrected chi connectivity index (χ0v) is 11.6. The van der Waals surface area contributed by atoms with Crippen LogP contribution in [0.2, 0.25) is 0 Å². The van der Waals surface area contributed by atoms with Gasteiger partial charge >= 0.3 is 5.97 Å². The first-order valence-corrected chi connectivity index (χ1v) is 7.40. The number of allylic oxidation sites excluding steroid dienone is 2. The monoisotopic (exact) mass is 264 g/mol. The summed E-state index contributed by atoms with van der Waals surface area (Å²) in [6, 6.07) is 0. The lowest BCUT2D eigenvalue weighted by atomic mass is 9.90. The van der Waals surface area contributed by atoms with Crippen molar-refractivity contribution >= 4 is 5.97 Å². The summed E-state index contributed by atoms with van der Waals surface area (Å²) in [5.41, 5.74) is 0. The van der Waals surface area contributed by atoms with Crippen molar-refractivity contribution < 1.29 is 14.6 Å². The molecule has 1 fully saturated rings. The zero-order chi connectivity index (χ0) is 13.7. The molecule has 0 aromatic rings. The second kappa shape index (κ2) is 6.90. The highest BCUT2D eigenvalue weighted by atomic mass is 16.5. The molecule has 1 aliphatic heterocycles. The van der Waals surface area contributed by atoms with Gasteiger partial charge in [0.05, 0.1) is 12.2 Å². The molecule has 2 rings (SSSR count). The van der Waals surface area contributed by atoms with Gasteiger partial charge in [0, 0.05) is 6.08 Å². The van der Waals surface area contributed by atoms with Crippen molar-refractivity contribution in [2.75, 3.05) is 0 Å². The summed E-state index contributed by atoms with van der Waals surface area (Å²) >= 11 is 0. The molecule has 1 N–H and O–H groups in total. The second-order valence-electron chi connectivity index (χ2n) is 5.71. The minimum Gasteiger partial charge on any atom is -0.460 e. The highest BCUT2D eigenvalue weighted by molar-refractivity contribution is 5.82. The molecule has 19 heavy (non-hydrogen) atoms. The molecule has 0 aromatic heterocycles. The van der Waals surface area contributed by atoms with E-state index in [1.807, 2.05) is 6.92 Å². The standard InChI is InChI=1S/C16H24O3/c1-12-6-3-2-4-7-13-8-5-9-14(13)15(17)10-11-16(18)19-12/h4,7,10-15,17H,2-3,5-6,8-9H2,1H3/b7-4?,11-10+/t12-,13+,14+,15+/m1/s1. The summed E-state index contributed by atoms with van der Waals surface area (Å²) in [5, 5.41) is 10.2. The van der Waals surface area contributed by atoms with E-state index >= 15 is 0 Å². The minimum absolute atomic E-state index is 0.0528. The number of carbonyl (C=O) groups is 1. The van der Waals surface area contributed by atoms with Crippen molar-refractivity contribution in [2.24, 2.45) is 11.8 Å². The number of carbonyl (C=O) groups excluding carboxylic acids is 1. The molecule has 0 bridgehead atoms. The van der Waals surface area contributed by atoms with Crippen molar-refractivity contribution in [3.63, 3.8) is 0 Å². The van der Waals surface area contributed by atoms with E-state index < -0.39 is 6.10 Å². The molecule has 0 aromatic carbocycles. The van der Waals surface area contributed by atoms with Crippen LogP contribution in [0.3, 0.4) is 0 Å². The smallest absolute Gasteiger partial charge is 0.330 e. The Morgan fingerprint density at radius 1 is 1.21 bits per heavy atom. The van der Waals surface area contributed by atoms with Gasteiger partial charge < -0.3 is 9.84 Å². The molecule has 0 unspecified atom stereocenters. The van der Waals surface area contributed by atoms with E-state index in [4.69, 9.17) is 4.74 Å². The predicted octanol–water partition coefficient (Wildman–Crippen LogP) is 2.99. The Balaban J connectivity index is 2.08. The van der Waals surface area contributed by atoms with Gasteiger partial charge in [-0.25, -0.2) is 4.79 Å². The molecule has 1 heterocycles. The van der Waals surface area contributed by atoms with Crippen LogP contribution >= 0.6 is 0 Å². The summed E-state index contributed by atoms with van der Waals surface area (Å²) < 4.78 is 5.26. The topological polar surface area (TPSA) is 46.5 Å². The molecule has 106 valence electrons. The summed E-state index contributed by atoms with van der Waals surface area (Å²) in [6.45, 7) is 1.92. The summed E-state index contributed by atoms with van der Waals surface area (Å²) in [7, 11) is 0. The first-order valence-electron chi connectivity index (χ1n) is 7.40. The van der Waals surface area contributed by atoms with Crippen LogP contribution in [0, 0.1) is 11.8 Å². The van der Waals surface area contributed by atoms with Gasteiger partial charge in [-0.15, -0.1) is 0 Å². The summed E-state index contributed by atoms with van der Waals surface area (Å²) in [6.07, 6.45) is 13.2. The fourth-order valence-electron chi connectivity index (χ4n) is 3.09. The van der Waals surface area contributed by atoms with E-state index in [0.29, 0.717) is 5.92 Å². The molecule has 2 aliphatic rings. The fourth-order valence-corrected chi connectivity index (χ4v) is 3.09. The number of hydrogen-bond acceptors (Lipinski definition) is 3. The maximum atomic E-state index is 11.6. The van der Waals surface area contributed by atoms with Crippen LogP contribution in [0.1, 0.15) is 45.4 Å². The maximum Gasteiger partial charge on any atom is 0.330 e. The van der Waals surface area contributed by atoms with E-state index in [1.165, 1.54) is 6.08 Å². The van der Waals surface area contributed by atoms with E-state index in [2.05, 4.69) is 12.2 Å². The van der Waals surface area contributed by atoms with Crippen molar-refractivity contribution in [2.45, 2.75) is 57.7 Å². The largest absolute Gasteiger partial charge is 0.460 e. The molecule has 0 amide bonds. The summed E-state index contributed by atoms with van der Waals surface area (Å²) in [4.78, 5) is 11.6. The summed E-state index contributed by atoms with van der Waals surface area (Å²) in [5.74, 6) is 0.362. The van der Waals surface area contributed by atoms with Crippen LogP contribution in [0.25, 0.3) is 0 Å². The number of rotatable bonds is 0. The third kappa shape index (κ3) is 4.20. The molecule has 0 saturated heterocycles. The normalized spacial score (nSPS) is 38.5. The van der Waals surface area contributed by atoms with E-state index in [1.54, 1.807) is 6.08 Å². The van der Waals surface area contributed by atoms with Crippen molar-refractivity contribution in [1.29, 1.82) is 0 Å². The number of fused-ring (bicyclic) bond motifs is 1.